The van der Waals surface area contributed by atoms with E-state index < -0.39 is 14.9 Å². The molecule has 0 saturated carbocycles. The highest BCUT2D eigenvalue weighted by atomic mass is 35.5. The van der Waals surface area contributed by atoms with Gasteiger partial charge in [-0.1, -0.05) is 36.6 Å². The molecule has 0 atom stereocenters. The lowest BCUT2D eigenvalue weighted by molar-refractivity contribution is -0.385. The Balaban J connectivity index is 1.56. The normalized spacial score (nSPS) is 14.5. The first-order chi connectivity index (χ1) is 15.8. The number of sulfonamides is 1. The molecule has 2 heterocycles. The molecule has 1 fully saturated rings. The molecule has 0 bridgehead atoms. The van der Waals surface area contributed by atoms with Crippen LogP contribution in [0.4, 0.5) is 17.2 Å². The van der Waals surface area contributed by atoms with Crippen LogP contribution >= 0.6 is 11.6 Å². The van der Waals surface area contributed by atoms with Gasteiger partial charge in [0.25, 0.3) is 15.7 Å². The van der Waals surface area contributed by atoms with Gasteiger partial charge in [-0.05, 0) is 43.2 Å². The van der Waals surface area contributed by atoms with E-state index in [9.17, 15) is 18.5 Å². The summed E-state index contributed by atoms with van der Waals surface area (Å²) < 4.78 is 28.1. The number of benzene rings is 2. The van der Waals surface area contributed by atoms with Crippen LogP contribution in [0.5, 0.6) is 0 Å². The average molecular weight is 488 g/mol. The number of nitrogens with zero attached hydrogens (tertiary/aromatic N) is 4. The first-order valence-corrected chi connectivity index (χ1v) is 12.4. The van der Waals surface area contributed by atoms with E-state index in [4.69, 9.17) is 11.6 Å². The van der Waals surface area contributed by atoms with E-state index in [-0.39, 0.29) is 21.3 Å². The van der Waals surface area contributed by atoms with E-state index >= 15 is 0 Å². The third-order valence-electron chi connectivity index (χ3n) is 5.41. The third-order valence-corrected chi connectivity index (χ3v) is 7.27. The molecule has 4 rings (SSSR count). The molecule has 0 aliphatic carbocycles. The predicted octanol–water partition coefficient (Wildman–Crippen LogP) is 4.89. The van der Waals surface area contributed by atoms with E-state index in [1.54, 1.807) is 24.3 Å². The van der Waals surface area contributed by atoms with E-state index in [2.05, 4.69) is 19.8 Å². The first kappa shape index (κ1) is 22.9. The molecule has 0 unspecified atom stereocenters. The zero-order chi connectivity index (χ0) is 23.4. The quantitative estimate of drug-likeness (QED) is 0.388. The van der Waals surface area contributed by atoms with Gasteiger partial charge >= 0.3 is 0 Å². The smallest absolute Gasteiger partial charge is 0.270 e. The number of halogens is 1. The van der Waals surface area contributed by atoms with Crippen LogP contribution < -0.4 is 9.62 Å². The highest BCUT2D eigenvalue weighted by molar-refractivity contribution is 7.92. The van der Waals surface area contributed by atoms with Gasteiger partial charge in [-0.15, -0.1) is 10.2 Å². The Morgan fingerprint density at radius 2 is 1.73 bits per heavy atom. The standard InChI is InChI=1S/C22H22ClN5O4S/c23-19-9-8-18(28(29)30)15-21(19)33(31,32)26-17-7-5-6-16(14-17)20-10-11-22(25-24-20)27-12-3-1-2-4-13-27/h5-11,14-15,26H,1-4,12-13H2. The summed E-state index contributed by atoms with van der Waals surface area (Å²) in [5, 5.41) is 19.6. The summed E-state index contributed by atoms with van der Waals surface area (Å²) in [6.07, 6.45) is 4.74. The third kappa shape index (κ3) is 5.40. The van der Waals surface area contributed by atoms with Gasteiger partial charge in [-0.3, -0.25) is 14.8 Å². The van der Waals surface area contributed by atoms with Gasteiger partial charge in [-0.25, -0.2) is 8.42 Å². The fraction of sp³-hybridized carbons (Fsp3) is 0.273. The summed E-state index contributed by atoms with van der Waals surface area (Å²) in [6.45, 7) is 1.93. The second-order valence-electron chi connectivity index (χ2n) is 7.74. The number of non-ortho nitro benzene ring substituents is 1. The topological polar surface area (TPSA) is 118 Å². The van der Waals surface area contributed by atoms with Crippen LogP contribution in [0.3, 0.4) is 0 Å². The molecule has 1 aromatic heterocycles. The fourth-order valence-corrected chi connectivity index (χ4v) is 5.28. The highest BCUT2D eigenvalue weighted by Crippen LogP contribution is 2.29. The number of nitrogens with one attached hydrogen (secondary N) is 1. The minimum atomic E-state index is -4.15. The molecule has 0 amide bonds. The lowest BCUT2D eigenvalue weighted by Crippen LogP contribution is -2.25. The van der Waals surface area contributed by atoms with E-state index in [1.165, 1.54) is 18.9 Å². The van der Waals surface area contributed by atoms with Crippen LogP contribution in [0.2, 0.25) is 5.02 Å². The Hall–Kier alpha value is -3.24. The molecule has 2 aromatic carbocycles. The molecule has 1 aliphatic heterocycles. The van der Waals surface area contributed by atoms with Crippen LogP contribution in [0.15, 0.2) is 59.5 Å². The predicted molar refractivity (Wildman–Crippen MR) is 127 cm³/mol. The average Bonchev–Trinajstić information content (AvgIpc) is 3.09. The van der Waals surface area contributed by atoms with E-state index in [0.717, 1.165) is 43.9 Å². The van der Waals surface area contributed by atoms with Crippen molar-refractivity contribution in [2.45, 2.75) is 30.6 Å². The summed E-state index contributed by atoms with van der Waals surface area (Å²) in [7, 11) is -4.15. The number of rotatable bonds is 6. The molecule has 1 N–H and O–H groups in total. The summed E-state index contributed by atoms with van der Waals surface area (Å²) >= 11 is 6.00. The van der Waals surface area contributed by atoms with Gasteiger partial charge < -0.3 is 4.90 Å². The number of nitro groups is 1. The monoisotopic (exact) mass is 487 g/mol. The number of hydrogen-bond donors (Lipinski definition) is 1. The van der Waals surface area contributed by atoms with Gasteiger partial charge in [0.2, 0.25) is 0 Å². The molecule has 1 saturated heterocycles. The van der Waals surface area contributed by atoms with Crippen molar-refractivity contribution in [3.05, 3.63) is 69.7 Å². The molecular weight excluding hydrogens is 466 g/mol. The second kappa shape index (κ2) is 9.72. The number of nitro benzene ring substituents is 1. The molecule has 172 valence electrons. The van der Waals surface area contributed by atoms with Crippen molar-refractivity contribution < 1.29 is 13.3 Å². The Morgan fingerprint density at radius 1 is 0.970 bits per heavy atom. The summed E-state index contributed by atoms with van der Waals surface area (Å²) in [5.41, 5.74) is 1.18. The molecule has 11 heteroatoms. The van der Waals surface area contributed by atoms with Gasteiger partial charge in [0.1, 0.15) is 4.90 Å². The van der Waals surface area contributed by atoms with Crippen molar-refractivity contribution >= 4 is 38.8 Å². The second-order valence-corrected chi connectivity index (χ2v) is 9.79. The number of anilines is 2. The lowest BCUT2D eigenvalue weighted by atomic mass is 10.1. The largest absolute Gasteiger partial charge is 0.355 e. The van der Waals surface area contributed by atoms with Crippen molar-refractivity contribution in [3.63, 3.8) is 0 Å². The Kier molecular flexibility index (Phi) is 6.75. The number of hydrogen-bond acceptors (Lipinski definition) is 7. The van der Waals surface area contributed by atoms with Gasteiger partial charge in [0.05, 0.1) is 15.6 Å². The van der Waals surface area contributed by atoms with Crippen LogP contribution in [0, 0.1) is 10.1 Å². The Bertz CT molecular complexity index is 1260. The van der Waals surface area contributed by atoms with Crippen molar-refractivity contribution in [3.8, 4) is 11.3 Å². The van der Waals surface area contributed by atoms with Crippen LogP contribution in [-0.2, 0) is 10.0 Å². The molecule has 1 aliphatic rings. The minimum Gasteiger partial charge on any atom is -0.355 e. The molecule has 9 nitrogen and oxygen atoms in total. The Labute approximate surface area is 196 Å². The summed E-state index contributed by atoms with van der Waals surface area (Å²) in [5.74, 6) is 0.831. The van der Waals surface area contributed by atoms with Crippen LogP contribution in [0.1, 0.15) is 25.7 Å². The maximum Gasteiger partial charge on any atom is 0.270 e. The Morgan fingerprint density at radius 3 is 2.39 bits per heavy atom. The lowest BCUT2D eigenvalue weighted by Gasteiger charge is -2.20. The van der Waals surface area contributed by atoms with Crippen molar-refractivity contribution in [2.75, 3.05) is 22.7 Å². The molecule has 33 heavy (non-hydrogen) atoms. The van der Waals surface area contributed by atoms with E-state index in [1.807, 2.05) is 12.1 Å². The zero-order valence-electron chi connectivity index (χ0n) is 17.6. The SMILES string of the molecule is O=[N+]([O-])c1ccc(Cl)c(S(=O)(=O)Nc2cccc(-c3ccc(N4CCCCCC4)nn3)c2)c1. The van der Waals surface area contributed by atoms with E-state index in [0.29, 0.717) is 11.3 Å². The zero-order valence-corrected chi connectivity index (χ0v) is 19.2. The first-order valence-electron chi connectivity index (χ1n) is 10.5. The van der Waals surface area contributed by atoms with Crippen LogP contribution in [-0.4, -0.2) is 36.6 Å². The number of aromatic nitrogens is 2. The summed E-state index contributed by atoms with van der Waals surface area (Å²) in [6, 6.07) is 13.7. The summed E-state index contributed by atoms with van der Waals surface area (Å²) in [4.78, 5) is 12.2. The van der Waals surface area contributed by atoms with Gasteiger partial charge in [0, 0.05) is 36.5 Å². The molecule has 0 radical (unpaired) electrons. The minimum absolute atomic E-state index is 0.112. The van der Waals surface area contributed by atoms with Gasteiger partial charge in [0.15, 0.2) is 5.82 Å². The van der Waals surface area contributed by atoms with Crippen LogP contribution in [0.25, 0.3) is 11.3 Å². The molecule has 3 aromatic rings. The van der Waals surface area contributed by atoms with Gasteiger partial charge in [-0.2, -0.15) is 0 Å². The van der Waals surface area contributed by atoms with Crippen molar-refractivity contribution in [1.82, 2.24) is 10.2 Å². The maximum atomic E-state index is 12.8. The maximum absolute atomic E-state index is 12.8. The fourth-order valence-electron chi connectivity index (χ4n) is 3.71. The highest BCUT2D eigenvalue weighted by Gasteiger charge is 2.22. The van der Waals surface area contributed by atoms with Crippen molar-refractivity contribution in [2.24, 2.45) is 0 Å². The molecule has 0 spiro atoms. The molecular formula is C22H22ClN5O4S. The van der Waals surface area contributed by atoms with Crippen molar-refractivity contribution in [1.29, 1.82) is 0 Å².